The number of nitrogens with zero attached hydrogens (tertiary/aromatic N) is 2. The van der Waals surface area contributed by atoms with E-state index in [0.717, 1.165) is 47.3 Å². The maximum Gasteiger partial charge on any atom is 0.224 e. The molecular weight excluding hydrogens is 448 g/mol. The molecule has 4 rings (SSSR count). The van der Waals surface area contributed by atoms with Gasteiger partial charge in [0.2, 0.25) is 11.9 Å². The number of hydrogen-bond donors (Lipinski definition) is 2. The second-order valence-electron chi connectivity index (χ2n) is 7.40. The van der Waals surface area contributed by atoms with Crippen molar-refractivity contribution in [3.05, 3.63) is 52.5 Å². The minimum atomic E-state index is 0.00238. The fourth-order valence-electron chi connectivity index (χ4n) is 3.77. The van der Waals surface area contributed by atoms with Crippen LogP contribution in [0.25, 0.3) is 11.0 Å². The molecule has 0 saturated carbocycles. The Hall–Kier alpha value is -1.99. The van der Waals surface area contributed by atoms with Crippen molar-refractivity contribution in [2.24, 2.45) is 5.92 Å². The predicted molar refractivity (Wildman–Crippen MR) is 124 cm³/mol. The molecule has 5 nitrogen and oxygen atoms in total. The summed E-state index contributed by atoms with van der Waals surface area (Å²) in [7, 11) is 0. The number of rotatable bonds is 6. The van der Waals surface area contributed by atoms with Gasteiger partial charge in [0.05, 0.1) is 17.0 Å². The summed E-state index contributed by atoms with van der Waals surface area (Å²) in [6.07, 6.45) is 4.85. The van der Waals surface area contributed by atoms with Crippen LogP contribution in [0.1, 0.15) is 18.4 Å². The van der Waals surface area contributed by atoms with E-state index in [1.807, 2.05) is 18.2 Å². The second kappa shape index (κ2) is 9.22. The number of hydrogen-bond acceptors (Lipinski definition) is 4. The van der Waals surface area contributed by atoms with Crippen molar-refractivity contribution in [1.82, 2.24) is 15.3 Å². The number of H-pyrrole nitrogens is 1. The Balaban J connectivity index is 1.32. The standard InChI is InChI=1S/C22H25BrN4OS/c1-29-18-7-4-15(5-8-18)10-11-24-21(28)16-3-2-12-27(14-16)22-25-19-9-6-17(23)13-20(19)26-22/h4-9,13,16H,2-3,10-12,14H2,1H3,(H,24,28)(H,25,26)/t16-/m0/s1. The van der Waals surface area contributed by atoms with Gasteiger partial charge in [-0.15, -0.1) is 11.8 Å². The minimum Gasteiger partial charge on any atom is -0.355 e. The van der Waals surface area contributed by atoms with Gasteiger partial charge >= 0.3 is 0 Å². The summed E-state index contributed by atoms with van der Waals surface area (Å²) in [6.45, 7) is 2.30. The largest absolute Gasteiger partial charge is 0.355 e. The number of fused-ring (bicyclic) bond motifs is 1. The molecule has 1 amide bonds. The molecule has 0 aliphatic carbocycles. The summed E-state index contributed by atoms with van der Waals surface area (Å²) < 4.78 is 1.03. The van der Waals surface area contributed by atoms with Crippen LogP contribution in [-0.2, 0) is 11.2 Å². The highest BCUT2D eigenvalue weighted by molar-refractivity contribution is 9.10. The zero-order chi connectivity index (χ0) is 20.2. The van der Waals surface area contributed by atoms with E-state index in [2.05, 4.69) is 61.7 Å². The summed E-state index contributed by atoms with van der Waals surface area (Å²) in [6, 6.07) is 14.6. The van der Waals surface area contributed by atoms with Crippen LogP contribution in [0, 0.1) is 5.92 Å². The summed E-state index contributed by atoms with van der Waals surface area (Å²) in [5.41, 5.74) is 3.21. The lowest BCUT2D eigenvalue weighted by atomic mass is 9.97. The Morgan fingerprint density at radius 1 is 1.31 bits per heavy atom. The Kier molecular flexibility index (Phi) is 6.45. The molecule has 152 valence electrons. The highest BCUT2D eigenvalue weighted by Crippen LogP contribution is 2.25. The lowest BCUT2D eigenvalue weighted by Crippen LogP contribution is -2.43. The van der Waals surface area contributed by atoms with Crippen molar-refractivity contribution in [2.45, 2.75) is 24.2 Å². The Bertz CT molecular complexity index is 988. The quantitative estimate of drug-likeness (QED) is 0.513. The summed E-state index contributed by atoms with van der Waals surface area (Å²) in [5.74, 6) is 1.00. The van der Waals surface area contributed by atoms with Gasteiger partial charge in [-0.1, -0.05) is 28.1 Å². The topological polar surface area (TPSA) is 61.0 Å². The van der Waals surface area contributed by atoms with Crippen LogP contribution in [0.2, 0.25) is 0 Å². The number of halogens is 1. The monoisotopic (exact) mass is 472 g/mol. The number of thioether (sulfide) groups is 1. The van der Waals surface area contributed by atoms with Crippen molar-refractivity contribution in [3.8, 4) is 0 Å². The molecule has 0 spiro atoms. The van der Waals surface area contributed by atoms with Gasteiger partial charge in [0.1, 0.15) is 0 Å². The molecular formula is C22H25BrN4OS. The third-order valence-electron chi connectivity index (χ3n) is 5.40. The van der Waals surface area contributed by atoms with E-state index in [0.29, 0.717) is 13.1 Å². The number of aromatic nitrogens is 2. The van der Waals surface area contributed by atoms with Crippen LogP contribution in [0.3, 0.4) is 0 Å². The Morgan fingerprint density at radius 3 is 2.93 bits per heavy atom. The Morgan fingerprint density at radius 2 is 2.14 bits per heavy atom. The molecule has 7 heteroatoms. The van der Waals surface area contributed by atoms with Gasteiger partial charge in [0, 0.05) is 29.0 Å². The number of benzene rings is 2. The molecule has 0 unspecified atom stereocenters. The van der Waals surface area contributed by atoms with Gasteiger partial charge in [-0.2, -0.15) is 0 Å². The van der Waals surface area contributed by atoms with Crippen molar-refractivity contribution < 1.29 is 4.79 Å². The number of amides is 1. The first kappa shape index (κ1) is 20.3. The maximum absolute atomic E-state index is 12.7. The zero-order valence-electron chi connectivity index (χ0n) is 16.5. The highest BCUT2D eigenvalue weighted by atomic mass is 79.9. The molecule has 1 atom stereocenters. The van der Waals surface area contributed by atoms with E-state index in [1.165, 1.54) is 10.5 Å². The van der Waals surface area contributed by atoms with E-state index < -0.39 is 0 Å². The Labute approximate surface area is 183 Å². The number of carbonyl (C=O) groups is 1. The summed E-state index contributed by atoms with van der Waals surface area (Å²) >= 11 is 5.24. The van der Waals surface area contributed by atoms with E-state index in [1.54, 1.807) is 11.8 Å². The smallest absolute Gasteiger partial charge is 0.224 e. The van der Waals surface area contributed by atoms with Gasteiger partial charge in [0.15, 0.2) is 0 Å². The van der Waals surface area contributed by atoms with Crippen molar-refractivity contribution in [1.29, 1.82) is 0 Å². The molecule has 3 aromatic rings. The van der Waals surface area contributed by atoms with E-state index in [-0.39, 0.29) is 11.8 Å². The fourth-order valence-corrected chi connectivity index (χ4v) is 4.54. The van der Waals surface area contributed by atoms with Gasteiger partial charge in [0.25, 0.3) is 0 Å². The van der Waals surface area contributed by atoms with Crippen LogP contribution in [0.5, 0.6) is 0 Å². The lowest BCUT2D eigenvalue weighted by Gasteiger charge is -2.31. The number of nitrogens with one attached hydrogen (secondary N) is 2. The number of imidazole rings is 1. The predicted octanol–water partition coefficient (Wildman–Crippen LogP) is 4.62. The molecule has 29 heavy (non-hydrogen) atoms. The van der Waals surface area contributed by atoms with Crippen LogP contribution < -0.4 is 10.2 Å². The second-order valence-corrected chi connectivity index (χ2v) is 9.19. The van der Waals surface area contributed by atoms with Gasteiger partial charge in [-0.05, 0) is 61.4 Å². The van der Waals surface area contributed by atoms with Crippen molar-refractivity contribution in [3.63, 3.8) is 0 Å². The summed E-state index contributed by atoms with van der Waals surface area (Å²) in [4.78, 5) is 24.3. The molecule has 2 N–H and O–H groups in total. The normalized spacial score (nSPS) is 16.9. The van der Waals surface area contributed by atoms with E-state index in [4.69, 9.17) is 4.98 Å². The zero-order valence-corrected chi connectivity index (χ0v) is 18.9. The number of anilines is 1. The average molecular weight is 473 g/mol. The molecule has 1 aromatic heterocycles. The van der Waals surface area contributed by atoms with Crippen LogP contribution in [-0.4, -0.2) is 41.8 Å². The van der Waals surface area contributed by atoms with E-state index in [9.17, 15) is 4.79 Å². The third kappa shape index (κ3) is 4.95. The molecule has 2 heterocycles. The SMILES string of the molecule is CSc1ccc(CCNC(=O)[C@H]2CCCN(c3nc4ccc(Br)cc4[nH]3)C2)cc1. The number of carbonyl (C=O) groups excluding carboxylic acids is 1. The van der Waals surface area contributed by atoms with Gasteiger partial charge in [-0.25, -0.2) is 4.98 Å². The third-order valence-corrected chi connectivity index (χ3v) is 6.63. The molecule has 1 aliphatic rings. The average Bonchev–Trinajstić information content (AvgIpc) is 3.17. The van der Waals surface area contributed by atoms with Crippen molar-refractivity contribution in [2.75, 3.05) is 30.8 Å². The van der Waals surface area contributed by atoms with Gasteiger partial charge in [-0.3, -0.25) is 4.79 Å². The first-order chi connectivity index (χ1) is 14.1. The van der Waals surface area contributed by atoms with Gasteiger partial charge < -0.3 is 15.2 Å². The molecule has 1 saturated heterocycles. The first-order valence-corrected chi connectivity index (χ1v) is 11.9. The summed E-state index contributed by atoms with van der Waals surface area (Å²) in [5, 5.41) is 3.13. The van der Waals surface area contributed by atoms with Crippen LogP contribution in [0.15, 0.2) is 51.8 Å². The first-order valence-electron chi connectivity index (χ1n) is 9.93. The maximum atomic E-state index is 12.7. The molecule has 1 aliphatic heterocycles. The fraction of sp³-hybridized carbons (Fsp3) is 0.364. The van der Waals surface area contributed by atoms with E-state index >= 15 is 0 Å². The minimum absolute atomic E-state index is 0.00238. The highest BCUT2D eigenvalue weighted by Gasteiger charge is 2.27. The lowest BCUT2D eigenvalue weighted by molar-refractivity contribution is -0.125. The van der Waals surface area contributed by atoms with Crippen LogP contribution >= 0.6 is 27.7 Å². The number of aromatic amines is 1. The number of piperidine rings is 1. The molecule has 1 fully saturated rings. The van der Waals surface area contributed by atoms with Crippen molar-refractivity contribution >= 4 is 50.6 Å². The van der Waals surface area contributed by atoms with Crippen LogP contribution in [0.4, 0.5) is 5.95 Å². The molecule has 0 radical (unpaired) electrons. The molecule has 0 bridgehead atoms. The molecule has 2 aromatic carbocycles.